The first-order valence-corrected chi connectivity index (χ1v) is 14.6. The zero-order valence-corrected chi connectivity index (χ0v) is 24.6. The third-order valence-electron chi connectivity index (χ3n) is 9.34. The number of rotatable bonds is 7. The van der Waals surface area contributed by atoms with Gasteiger partial charge in [0.25, 0.3) is 0 Å². The van der Waals surface area contributed by atoms with Crippen LogP contribution < -0.4 is 10.5 Å². The molecule has 0 saturated heterocycles. The number of aliphatic hydroxyl groups is 1. The molecule has 2 aromatic carbocycles. The van der Waals surface area contributed by atoms with Crippen LogP contribution in [0.5, 0.6) is 11.5 Å². The molecule has 0 heterocycles. The molecule has 0 aromatic heterocycles. The van der Waals surface area contributed by atoms with Crippen molar-refractivity contribution in [3.8, 4) is 22.6 Å². The third-order valence-corrected chi connectivity index (χ3v) is 9.34. The van der Waals surface area contributed by atoms with Gasteiger partial charge in [-0.2, -0.15) is 0 Å². The lowest BCUT2D eigenvalue weighted by atomic mass is 9.49. The Hall–Kier alpha value is -4.18. The summed E-state index contributed by atoms with van der Waals surface area (Å²) < 4.78 is 5.64. The fourth-order valence-corrected chi connectivity index (χ4v) is 7.47. The molecular weight excluding hydrogens is 552 g/mol. The van der Waals surface area contributed by atoms with Crippen molar-refractivity contribution in [3.63, 3.8) is 0 Å². The van der Waals surface area contributed by atoms with Crippen LogP contribution in [0.3, 0.4) is 0 Å². The number of Topliss-reactive ketones (excluding diaryl/α,β-unsaturated/α-hetero) is 4. The normalized spacial score (nSPS) is 28.6. The number of primary amides is 1. The minimum absolute atomic E-state index is 0.0158. The van der Waals surface area contributed by atoms with Gasteiger partial charge in [0.05, 0.1) is 25.1 Å². The summed E-state index contributed by atoms with van der Waals surface area (Å²) in [5.74, 6) is -11.4. The molecule has 43 heavy (non-hydrogen) atoms. The molecule has 0 radical (unpaired) electrons. The van der Waals surface area contributed by atoms with Crippen LogP contribution in [0.1, 0.15) is 55.1 Å². The van der Waals surface area contributed by atoms with Crippen molar-refractivity contribution < 1.29 is 38.9 Å². The quantitative estimate of drug-likeness (QED) is 0.327. The predicted molar refractivity (Wildman–Crippen MR) is 157 cm³/mol. The molecule has 3 aliphatic carbocycles. The molecule has 2 fully saturated rings. The monoisotopic (exact) mass is 588 g/mol. The lowest BCUT2D eigenvalue weighted by Gasteiger charge is -2.52. The number of benzene rings is 2. The number of phenolic OH excluding ortho intramolecular Hbond substituents is 1. The number of amides is 1. The summed E-state index contributed by atoms with van der Waals surface area (Å²) in [4.78, 5) is 71.5. The highest BCUT2D eigenvalue weighted by Gasteiger charge is 2.69. The van der Waals surface area contributed by atoms with Crippen molar-refractivity contribution in [2.45, 2.75) is 52.2 Å². The van der Waals surface area contributed by atoms with Crippen LogP contribution in [0.25, 0.3) is 11.1 Å². The first kappa shape index (κ1) is 30.3. The van der Waals surface area contributed by atoms with Gasteiger partial charge in [0.2, 0.25) is 5.91 Å². The van der Waals surface area contributed by atoms with E-state index >= 15 is 0 Å². The smallest absolute Gasteiger partial charge is 0.235 e. The van der Waals surface area contributed by atoms with Crippen LogP contribution in [-0.4, -0.2) is 58.2 Å². The second-order valence-electron chi connectivity index (χ2n) is 12.1. The standard InChI is InChI=1S/C33H36N2O8/c1-5-10-35-14-16-6-9-23(43-4)19(11-16)18-7-8-22(36)26-20(18)12-17-13-21-24(15(2)3)28(37)27(32(34)41)31(40)33(21,42)30(39)25(17)29(26)38/h6-11,15,17,21,24-25,27,36,42H,5,12-14H2,1-4H3,(H2,34,41)/t17-,21-,24-,25?,27?,33-/m0/s1. The molecule has 226 valence electrons. The van der Waals surface area contributed by atoms with Crippen LogP contribution in [-0.2, 0) is 32.1 Å². The van der Waals surface area contributed by atoms with Crippen LogP contribution in [0.15, 0.2) is 35.3 Å². The summed E-state index contributed by atoms with van der Waals surface area (Å²) in [6.45, 7) is 5.86. The number of ketones is 4. The molecule has 2 unspecified atom stereocenters. The van der Waals surface area contributed by atoms with Gasteiger partial charge >= 0.3 is 0 Å². The molecule has 10 nitrogen and oxygen atoms in total. The van der Waals surface area contributed by atoms with Gasteiger partial charge in [-0.15, -0.1) is 0 Å². The average molecular weight is 589 g/mol. The molecule has 0 aliphatic heterocycles. The van der Waals surface area contributed by atoms with E-state index in [0.29, 0.717) is 29.0 Å². The van der Waals surface area contributed by atoms with Gasteiger partial charge in [-0.3, -0.25) is 29.0 Å². The van der Waals surface area contributed by atoms with Gasteiger partial charge in [0.15, 0.2) is 34.7 Å². The van der Waals surface area contributed by atoms with Crippen molar-refractivity contribution in [3.05, 3.63) is 47.0 Å². The SMILES string of the molecule is CCC=NCc1ccc(OC)c(-c2ccc(O)c3c2C[C@H]2C[C@H]4[C@H](C(C)C)C(=O)C(C(N)=O)C(=O)[C@@]4(O)C(=O)C2C3=O)c1. The van der Waals surface area contributed by atoms with Gasteiger partial charge in [0, 0.05) is 17.4 Å². The highest BCUT2D eigenvalue weighted by molar-refractivity contribution is 6.32. The van der Waals surface area contributed by atoms with E-state index in [0.717, 1.165) is 12.0 Å². The molecule has 2 aromatic rings. The maximum atomic E-state index is 14.1. The highest BCUT2D eigenvalue weighted by atomic mass is 16.5. The number of hydrogen-bond acceptors (Lipinski definition) is 9. The Bertz CT molecular complexity index is 1580. The van der Waals surface area contributed by atoms with E-state index in [-0.39, 0.29) is 24.2 Å². The molecule has 4 N–H and O–H groups in total. The fourth-order valence-electron chi connectivity index (χ4n) is 7.47. The predicted octanol–water partition coefficient (Wildman–Crippen LogP) is 2.87. The van der Waals surface area contributed by atoms with E-state index in [1.807, 2.05) is 31.3 Å². The summed E-state index contributed by atoms with van der Waals surface area (Å²) in [5.41, 5.74) is 5.36. The van der Waals surface area contributed by atoms with E-state index in [4.69, 9.17) is 10.5 Å². The fraction of sp³-hybridized carbons (Fsp3) is 0.455. The summed E-state index contributed by atoms with van der Waals surface area (Å²) >= 11 is 0. The van der Waals surface area contributed by atoms with Gasteiger partial charge in [0.1, 0.15) is 11.5 Å². The lowest BCUT2D eigenvalue weighted by molar-refractivity contribution is -0.182. The Morgan fingerprint density at radius 3 is 2.49 bits per heavy atom. The first-order chi connectivity index (χ1) is 20.4. The molecule has 2 saturated carbocycles. The topological polar surface area (TPSA) is 173 Å². The molecule has 3 aliphatic rings. The van der Waals surface area contributed by atoms with Crippen LogP contribution in [0, 0.1) is 35.5 Å². The number of methoxy groups -OCH3 is 1. The number of phenols is 1. The van der Waals surface area contributed by atoms with E-state index < -0.39 is 70.1 Å². The highest BCUT2D eigenvalue weighted by Crippen LogP contribution is 2.54. The van der Waals surface area contributed by atoms with E-state index in [1.54, 1.807) is 19.9 Å². The second kappa shape index (κ2) is 11.1. The van der Waals surface area contributed by atoms with Crippen molar-refractivity contribution in [2.24, 2.45) is 46.2 Å². The number of hydrogen-bond donors (Lipinski definition) is 3. The summed E-state index contributed by atoms with van der Waals surface area (Å²) in [6, 6.07) is 8.69. The van der Waals surface area contributed by atoms with E-state index in [1.165, 1.54) is 13.2 Å². The number of aromatic hydroxyl groups is 1. The van der Waals surface area contributed by atoms with E-state index in [2.05, 4.69) is 4.99 Å². The zero-order valence-electron chi connectivity index (χ0n) is 24.6. The zero-order chi connectivity index (χ0) is 31.4. The van der Waals surface area contributed by atoms with E-state index in [9.17, 15) is 34.2 Å². The second-order valence-corrected chi connectivity index (χ2v) is 12.1. The molecule has 1 amide bonds. The number of fused-ring (bicyclic) bond motifs is 3. The van der Waals surface area contributed by atoms with Crippen LogP contribution >= 0.6 is 0 Å². The summed E-state index contributed by atoms with van der Waals surface area (Å²) in [5, 5.41) is 22.7. The number of carbonyl (C=O) groups excluding carboxylic acids is 5. The number of ether oxygens (including phenoxy) is 1. The minimum atomic E-state index is -2.72. The van der Waals surface area contributed by atoms with Crippen molar-refractivity contribution in [1.82, 2.24) is 0 Å². The van der Waals surface area contributed by atoms with Crippen LogP contribution in [0.2, 0.25) is 0 Å². The Labute approximate surface area is 249 Å². The van der Waals surface area contributed by atoms with Crippen molar-refractivity contribution in [2.75, 3.05) is 7.11 Å². The average Bonchev–Trinajstić information content (AvgIpc) is 2.95. The van der Waals surface area contributed by atoms with Crippen molar-refractivity contribution in [1.29, 1.82) is 0 Å². The molecule has 10 heteroatoms. The van der Waals surface area contributed by atoms with Gasteiger partial charge in [-0.1, -0.05) is 32.9 Å². The maximum absolute atomic E-state index is 14.1. The maximum Gasteiger partial charge on any atom is 0.235 e. The molecule has 0 bridgehead atoms. The summed E-state index contributed by atoms with van der Waals surface area (Å²) in [7, 11) is 1.53. The molecule has 0 spiro atoms. The van der Waals surface area contributed by atoms with Gasteiger partial charge in [-0.05, 0) is 72.2 Å². The number of nitrogens with two attached hydrogens (primary N) is 1. The number of nitrogens with zero attached hydrogens (tertiary/aromatic N) is 1. The minimum Gasteiger partial charge on any atom is -0.507 e. The Kier molecular flexibility index (Phi) is 7.85. The summed E-state index contributed by atoms with van der Waals surface area (Å²) in [6.07, 6.45) is 2.80. The Morgan fingerprint density at radius 2 is 1.86 bits per heavy atom. The van der Waals surface area contributed by atoms with Gasteiger partial charge < -0.3 is 20.7 Å². The number of carbonyl (C=O) groups is 5. The first-order valence-electron chi connectivity index (χ1n) is 14.6. The van der Waals surface area contributed by atoms with Crippen molar-refractivity contribution >= 4 is 35.3 Å². The molecular formula is C33H36N2O8. The van der Waals surface area contributed by atoms with Crippen LogP contribution in [0.4, 0.5) is 0 Å². The Balaban J connectivity index is 1.64. The molecule has 5 rings (SSSR count). The largest absolute Gasteiger partial charge is 0.507 e. The molecule has 6 atom stereocenters. The lowest BCUT2D eigenvalue weighted by Crippen LogP contribution is -2.71. The Morgan fingerprint density at radius 1 is 1.14 bits per heavy atom. The van der Waals surface area contributed by atoms with Gasteiger partial charge in [-0.25, -0.2) is 0 Å². The number of aliphatic imine (C=N–C) groups is 1. The third kappa shape index (κ3) is 4.59.